The number of para-hydroxylation sites is 3. The molecule has 1 aliphatic heterocycles. The molecule has 2 atom stereocenters. The number of hydrogen-bond donors (Lipinski definition) is 0. The summed E-state index contributed by atoms with van der Waals surface area (Å²) < 4.78 is 9.06. The molecule has 2 aliphatic rings. The molecule has 0 saturated carbocycles. The second-order valence-electron chi connectivity index (χ2n) is 12.4. The number of nitrogens with zero attached hydrogens (tertiary/aromatic N) is 3. The minimum atomic E-state index is 0.194. The van der Waals surface area contributed by atoms with Crippen LogP contribution >= 0.6 is 0 Å². The van der Waals surface area contributed by atoms with E-state index in [1.54, 1.807) is 0 Å². The summed E-state index contributed by atoms with van der Waals surface area (Å²) in [4.78, 5) is 2.44. The summed E-state index contributed by atoms with van der Waals surface area (Å²) in [5, 5.41) is 14.5. The fraction of sp³-hybridized carbons (Fsp3) is 0.0465. The van der Waals surface area contributed by atoms with Gasteiger partial charge in [0, 0.05) is 38.7 Å². The topological polar surface area (TPSA) is 45.1 Å². The van der Waals surface area contributed by atoms with Crippen LogP contribution in [-0.2, 0) is 0 Å². The zero-order valence-electron chi connectivity index (χ0n) is 25.3. The van der Waals surface area contributed by atoms with Gasteiger partial charge in [-0.25, -0.2) is 0 Å². The Morgan fingerprint density at radius 1 is 0.638 bits per heavy atom. The van der Waals surface area contributed by atoms with E-state index in [4.69, 9.17) is 4.42 Å². The normalized spacial score (nSPS) is 16.7. The summed E-state index contributed by atoms with van der Waals surface area (Å²) in [5.74, 6) is 0.260. The van der Waals surface area contributed by atoms with Crippen LogP contribution in [0.3, 0.4) is 0 Å². The highest BCUT2D eigenvalue weighted by Crippen LogP contribution is 2.52. The molecule has 1 aliphatic carbocycles. The molecule has 0 spiro atoms. The van der Waals surface area contributed by atoms with E-state index in [1.807, 2.05) is 12.1 Å². The van der Waals surface area contributed by atoms with Crippen molar-refractivity contribution in [3.63, 3.8) is 0 Å². The Bertz CT molecular complexity index is 2610. The Hall–Kier alpha value is -6.31. The van der Waals surface area contributed by atoms with E-state index in [0.29, 0.717) is 5.56 Å². The Morgan fingerprint density at radius 2 is 1.38 bits per heavy atom. The maximum Gasteiger partial charge on any atom is 0.159 e. The van der Waals surface area contributed by atoms with E-state index in [0.717, 1.165) is 61.2 Å². The molecule has 0 N–H and O–H groups in total. The van der Waals surface area contributed by atoms with Crippen LogP contribution in [0.2, 0.25) is 0 Å². The molecule has 0 radical (unpaired) electrons. The number of furan rings is 1. The quantitative estimate of drug-likeness (QED) is 0.202. The molecule has 47 heavy (non-hydrogen) atoms. The van der Waals surface area contributed by atoms with Crippen molar-refractivity contribution in [2.24, 2.45) is 0 Å². The highest BCUT2D eigenvalue weighted by Gasteiger charge is 2.39. The molecule has 0 fully saturated rings. The summed E-state index contributed by atoms with van der Waals surface area (Å²) in [6.45, 7) is 0. The minimum absolute atomic E-state index is 0.194. The van der Waals surface area contributed by atoms with Crippen LogP contribution in [0.15, 0.2) is 156 Å². The van der Waals surface area contributed by atoms with E-state index in [1.165, 1.54) is 16.3 Å². The largest absolute Gasteiger partial charge is 0.454 e. The molecule has 0 amide bonds. The minimum Gasteiger partial charge on any atom is -0.454 e. The summed E-state index contributed by atoms with van der Waals surface area (Å²) in [7, 11) is 0. The van der Waals surface area contributed by atoms with Crippen molar-refractivity contribution in [2.75, 3.05) is 4.90 Å². The molecule has 2 unspecified atom stereocenters. The van der Waals surface area contributed by atoms with Gasteiger partial charge in [-0.1, -0.05) is 103 Å². The molecule has 4 heteroatoms. The van der Waals surface area contributed by atoms with Crippen LogP contribution in [-0.4, -0.2) is 10.6 Å². The van der Waals surface area contributed by atoms with Gasteiger partial charge in [-0.3, -0.25) is 0 Å². The van der Waals surface area contributed by atoms with Gasteiger partial charge in [-0.15, -0.1) is 0 Å². The van der Waals surface area contributed by atoms with Crippen molar-refractivity contribution in [3.05, 3.63) is 163 Å². The van der Waals surface area contributed by atoms with Crippen LogP contribution in [0.25, 0.3) is 60.6 Å². The Balaban J connectivity index is 1.21. The van der Waals surface area contributed by atoms with E-state index < -0.39 is 0 Å². The standard InChI is InChI=1S/C43H27N3O/c44-26-27-18-20-30(40(24-27)46-38-16-8-4-12-31(38)32-13-5-9-17-39(32)46)28-19-23-41-36(25-28)35-22-21-34-33-14-6-7-15-37(33)45(42(34)43(35)47-41)29-10-2-1-3-11-29/h1-25,33,37H. The third-order valence-electron chi connectivity index (χ3n) is 9.94. The number of fused-ring (bicyclic) bond motifs is 10. The van der Waals surface area contributed by atoms with Gasteiger partial charge in [-0.05, 0) is 59.7 Å². The first-order valence-corrected chi connectivity index (χ1v) is 16.0. The van der Waals surface area contributed by atoms with E-state index >= 15 is 0 Å². The van der Waals surface area contributed by atoms with Crippen LogP contribution in [0, 0.1) is 11.3 Å². The average Bonchev–Trinajstić information content (AvgIpc) is 3.79. The van der Waals surface area contributed by atoms with Crippen molar-refractivity contribution in [2.45, 2.75) is 12.0 Å². The second kappa shape index (κ2) is 9.84. The number of nitriles is 1. The lowest BCUT2D eigenvalue weighted by Gasteiger charge is -2.28. The molecule has 8 aromatic rings. The number of rotatable bonds is 3. The molecule has 10 rings (SSSR count). The van der Waals surface area contributed by atoms with E-state index in [9.17, 15) is 5.26 Å². The van der Waals surface area contributed by atoms with E-state index in [2.05, 4.69) is 155 Å². The van der Waals surface area contributed by atoms with Gasteiger partial charge >= 0.3 is 0 Å². The van der Waals surface area contributed by atoms with Gasteiger partial charge in [-0.2, -0.15) is 5.26 Å². The number of allylic oxidation sites excluding steroid dienone is 2. The van der Waals surface area contributed by atoms with Gasteiger partial charge in [0.1, 0.15) is 5.58 Å². The van der Waals surface area contributed by atoms with Crippen molar-refractivity contribution in [1.29, 1.82) is 5.26 Å². The molecule has 6 aromatic carbocycles. The first-order valence-electron chi connectivity index (χ1n) is 16.0. The number of hydrogen-bond acceptors (Lipinski definition) is 3. The predicted molar refractivity (Wildman–Crippen MR) is 192 cm³/mol. The van der Waals surface area contributed by atoms with Crippen molar-refractivity contribution < 1.29 is 4.42 Å². The zero-order chi connectivity index (χ0) is 31.1. The summed E-state index contributed by atoms with van der Waals surface area (Å²) in [5.41, 5.74) is 11.3. The highest BCUT2D eigenvalue weighted by molar-refractivity contribution is 6.13. The smallest absolute Gasteiger partial charge is 0.159 e. The molecular formula is C43H27N3O. The monoisotopic (exact) mass is 601 g/mol. The van der Waals surface area contributed by atoms with Crippen molar-refractivity contribution in [1.82, 2.24) is 4.57 Å². The summed E-state index contributed by atoms with van der Waals surface area (Å²) in [6.07, 6.45) is 8.91. The summed E-state index contributed by atoms with van der Waals surface area (Å²) in [6, 6.07) is 47.2. The Morgan fingerprint density at radius 3 is 2.17 bits per heavy atom. The lowest BCUT2D eigenvalue weighted by Crippen LogP contribution is -2.28. The lowest BCUT2D eigenvalue weighted by molar-refractivity contribution is 0.667. The zero-order valence-corrected chi connectivity index (χ0v) is 25.3. The first-order chi connectivity index (χ1) is 23.3. The average molecular weight is 602 g/mol. The molecule has 4 nitrogen and oxygen atoms in total. The number of anilines is 2. The van der Waals surface area contributed by atoms with Crippen LogP contribution in [0.5, 0.6) is 0 Å². The molecule has 220 valence electrons. The van der Waals surface area contributed by atoms with Crippen LogP contribution < -0.4 is 4.90 Å². The number of aromatic nitrogens is 1. The molecular weight excluding hydrogens is 574 g/mol. The van der Waals surface area contributed by atoms with Gasteiger partial charge in [0.15, 0.2) is 5.58 Å². The fourth-order valence-electron chi connectivity index (χ4n) is 7.91. The second-order valence-corrected chi connectivity index (χ2v) is 12.4. The SMILES string of the molecule is N#Cc1ccc(-c2ccc3oc4c5c(ccc4c3c2)C2C=CC=CC2N5c2ccccc2)c(-n2c3ccccc3c3ccccc32)c1. The Kier molecular flexibility index (Phi) is 5.44. The van der Waals surface area contributed by atoms with Gasteiger partial charge in [0.05, 0.1) is 40.1 Å². The third-order valence-corrected chi connectivity index (χ3v) is 9.94. The van der Waals surface area contributed by atoms with Crippen LogP contribution in [0.1, 0.15) is 17.0 Å². The maximum atomic E-state index is 9.95. The fourth-order valence-corrected chi connectivity index (χ4v) is 7.91. The van der Waals surface area contributed by atoms with Crippen molar-refractivity contribution in [3.8, 4) is 22.9 Å². The molecule has 3 heterocycles. The predicted octanol–water partition coefficient (Wildman–Crippen LogP) is 11.0. The van der Waals surface area contributed by atoms with Gasteiger partial charge in [0.2, 0.25) is 0 Å². The van der Waals surface area contributed by atoms with Gasteiger partial charge in [0.25, 0.3) is 0 Å². The number of benzene rings is 6. The highest BCUT2D eigenvalue weighted by atomic mass is 16.3. The van der Waals surface area contributed by atoms with Crippen LogP contribution in [0.4, 0.5) is 11.4 Å². The third kappa shape index (κ3) is 3.69. The van der Waals surface area contributed by atoms with Crippen molar-refractivity contribution >= 4 is 55.1 Å². The van der Waals surface area contributed by atoms with Gasteiger partial charge < -0.3 is 13.9 Å². The molecule has 0 bridgehead atoms. The maximum absolute atomic E-state index is 9.95. The Labute approximate surface area is 271 Å². The van der Waals surface area contributed by atoms with E-state index in [-0.39, 0.29) is 12.0 Å². The molecule has 0 saturated heterocycles. The molecule has 2 aromatic heterocycles. The summed E-state index contributed by atoms with van der Waals surface area (Å²) >= 11 is 0. The lowest BCUT2D eigenvalue weighted by atomic mass is 9.91. The first kappa shape index (κ1) is 26.0.